The van der Waals surface area contributed by atoms with Gasteiger partial charge in [0.05, 0.1) is 12.7 Å². The monoisotopic (exact) mass is 280 g/mol. The number of nitriles is 1. The number of aromatic nitrogens is 1. The average Bonchev–Trinajstić information content (AvgIpc) is 2.34. The smallest absolute Gasteiger partial charge is 0.433 e. The minimum absolute atomic E-state index is 0.0374. The Labute approximate surface area is 103 Å². The Morgan fingerprint density at radius 3 is 2.42 bits per heavy atom. The van der Waals surface area contributed by atoms with Crippen molar-refractivity contribution in [3.8, 4) is 6.07 Å². The average molecular weight is 280 g/mol. The number of hydrogen-bond acceptors (Lipinski definition) is 4. The molecule has 0 aromatic carbocycles. The number of carbonyl (C=O) groups is 1. The molecule has 4 nitrogen and oxygen atoms in total. The molecule has 19 heavy (non-hydrogen) atoms. The van der Waals surface area contributed by atoms with E-state index in [0.29, 0.717) is 0 Å². The highest BCUT2D eigenvalue weighted by molar-refractivity contribution is 5.90. The lowest BCUT2D eigenvalue weighted by Crippen LogP contribution is -2.16. The predicted octanol–water partition coefficient (Wildman–Crippen LogP) is 2.70. The number of carbonyl (C=O) groups excluding carboxylic acids is 1. The van der Waals surface area contributed by atoms with Gasteiger partial charge in [0.15, 0.2) is 5.69 Å². The fourth-order valence-electron chi connectivity index (χ4n) is 1.24. The Bertz CT molecular complexity index is 548. The predicted molar refractivity (Wildman–Crippen MR) is 50.3 cm³/mol. The van der Waals surface area contributed by atoms with E-state index in [4.69, 9.17) is 5.26 Å². The van der Waals surface area contributed by atoms with Crippen molar-refractivity contribution in [1.82, 2.24) is 4.98 Å². The van der Waals surface area contributed by atoms with Crippen LogP contribution in [0.4, 0.5) is 22.0 Å². The lowest BCUT2D eigenvalue weighted by atomic mass is 10.1. The van der Waals surface area contributed by atoms with E-state index < -0.39 is 41.1 Å². The first-order valence-electron chi connectivity index (χ1n) is 4.61. The highest BCUT2D eigenvalue weighted by atomic mass is 19.4. The number of alkyl halides is 5. The topological polar surface area (TPSA) is 63.0 Å². The first kappa shape index (κ1) is 14.8. The summed E-state index contributed by atoms with van der Waals surface area (Å²) in [5.41, 5.74) is -4.93. The van der Waals surface area contributed by atoms with Gasteiger partial charge in [0, 0.05) is 5.56 Å². The van der Waals surface area contributed by atoms with Gasteiger partial charge in [0.25, 0.3) is 6.43 Å². The van der Waals surface area contributed by atoms with E-state index in [2.05, 4.69) is 9.72 Å². The highest BCUT2D eigenvalue weighted by Gasteiger charge is 2.36. The number of nitrogens with zero attached hydrogens (tertiary/aromatic N) is 2. The molecule has 1 aromatic rings. The maximum absolute atomic E-state index is 12.6. The van der Waals surface area contributed by atoms with Gasteiger partial charge < -0.3 is 4.74 Å². The number of methoxy groups -OCH3 is 1. The molecule has 0 spiro atoms. The van der Waals surface area contributed by atoms with E-state index in [1.54, 1.807) is 0 Å². The first-order chi connectivity index (χ1) is 8.72. The second-order valence-electron chi connectivity index (χ2n) is 3.22. The van der Waals surface area contributed by atoms with Gasteiger partial charge in [-0.15, -0.1) is 0 Å². The Hall–Kier alpha value is -2.24. The minimum Gasteiger partial charge on any atom is -0.464 e. The van der Waals surface area contributed by atoms with Crippen molar-refractivity contribution in [3.05, 3.63) is 28.6 Å². The Morgan fingerprint density at radius 2 is 2.05 bits per heavy atom. The summed E-state index contributed by atoms with van der Waals surface area (Å²) in [5, 5.41) is 8.67. The van der Waals surface area contributed by atoms with Crippen LogP contribution in [0.5, 0.6) is 0 Å². The molecule has 0 saturated carbocycles. The SMILES string of the molecule is COC(=O)c1nc(C(F)(F)F)cc(C(F)F)c1C#N. The molecule has 9 heteroatoms. The van der Waals surface area contributed by atoms with E-state index in [9.17, 15) is 26.7 Å². The lowest BCUT2D eigenvalue weighted by Gasteiger charge is -2.12. The number of hydrogen-bond donors (Lipinski definition) is 0. The molecule has 0 aliphatic carbocycles. The molecule has 0 unspecified atom stereocenters. The molecule has 0 radical (unpaired) electrons. The normalized spacial score (nSPS) is 11.3. The third-order valence-electron chi connectivity index (χ3n) is 2.07. The molecule has 1 aromatic heterocycles. The molecule has 0 atom stereocenters. The van der Waals surface area contributed by atoms with Crippen molar-refractivity contribution in [2.45, 2.75) is 12.6 Å². The van der Waals surface area contributed by atoms with Gasteiger partial charge in [-0.3, -0.25) is 0 Å². The summed E-state index contributed by atoms with van der Waals surface area (Å²) in [6, 6.07) is 1.27. The highest BCUT2D eigenvalue weighted by Crippen LogP contribution is 2.33. The van der Waals surface area contributed by atoms with Crippen molar-refractivity contribution in [3.63, 3.8) is 0 Å². The quantitative estimate of drug-likeness (QED) is 0.617. The fourth-order valence-corrected chi connectivity index (χ4v) is 1.24. The van der Waals surface area contributed by atoms with Gasteiger partial charge in [0.1, 0.15) is 11.8 Å². The molecule has 0 amide bonds. The number of halogens is 5. The van der Waals surface area contributed by atoms with Gasteiger partial charge in [0.2, 0.25) is 0 Å². The van der Waals surface area contributed by atoms with Crippen LogP contribution in [0, 0.1) is 11.3 Å². The number of pyridine rings is 1. The van der Waals surface area contributed by atoms with Gasteiger partial charge in [-0.25, -0.2) is 18.6 Å². The van der Waals surface area contributed by atoms with E-state index in [1.165, 1.54) is 6.07 Å². The number of esters is 1. The largest absolute Gasteiger partial charge is 0.464 e. The van der Waals surface area contributed by atoms with Crippen LogP contribution >= 0.6 is 0 Å². The molecule has 1 rings (SSSR count). The summed E-state index contributed by atoms with van der Waals surface area (Å²) in [5.74, 6) is -1.40. The van der Waals surface area contributed by atoms with Gasteiger partial charge >= 0.3 is 12.1 Å². The fraction of sp³-hybridized carbons (Fsp3) is 0.300. The van der Waals surface area contributed by atoms with Crippen molar-refractivity contribution in [2.24, 2.45) is 0 Å². The van der Waals surface area contributed by atoms with Crippen molar-refractivity contribution in [1.29, 1.82) is 5.26 Å². The van der Waals surface area contributed by atoms with Gasteiger partial charge in [-0.05, 0) is 6.07 Å². The first-order valence-corrected chi connectivity index (χ1v) is 4.61. The van der Waals surface area contributed by atoms with Crippen molar-refractivity contribution < 1.29 is 31.5 Å². The van der Waals surface area contributed by atoms with E-state index >= 15 is 0 Å². The van der Waals surface area contributed by atoms with E-state index in [-0.39, 0.29) is 6.07 Å². The maximum atomic E-state index is 12.6. The standard InChI is InChI=1S/C10H5F5N2O2/c1-19-9(18)7-5(3-16)4(8(11)12)2-6(17-7)10(13,14)15/h2,8H,1H3. The molecule has 0 aliphatic heterocycles. The van der Waals surface area contributed by atoms with Crippen molar-refractivity contribution >= 4 is 5.97 Å². The summed E-state index contributed by atoms with van der Waals surface area (Å²) in [6.45, 7) is 0. The zero-order valence-electron chi connectivity index (χ0n) is 9.26. The molecule has 0 N–H and O–H groups in total. The Kier molecular flexibility index (Phi) is 4.04. The van der Waals surface area contributed by atoms with Gasteiger partial charge in [-0.1, -0.05) is 0 Å². The molecule has 0 bridgehead atoms. The zero-order chi connectivity index (χ0) is 14.8. The zero-order valence-corrected chi connectivity index (χ0v) is 9.26. The summed E-state index contributed by atoms with van der Waals surface area (Å²) in [6.07, 6.45) is -8.39. The third-order valence-corrected chi connectivity index (χ3v) is 2.07. The molecular weight excluding hydrogens is 275 g/mol. The van der Waals surface area contributed by atoms with E-state index in [1.807, 2.05) is 0 Å². The van der Waals surface area contributed by atoms with Crippen LogP contribution in [0.25, 0.3) is 0 Å². The van der Waals surface area contributed by atoms with Crippen molar-refractivity contribution in [2.75, 3.05) is 7.11 Å². The van der Waals surface area contributed by atoms with Gasteiger partial charge in [-0.2, -0.15) is 18.4 Å². The third kappa shape index (κ3) is 2.96. The molecular formula is C10H5F5N2O2. The molecule has 0 saturated heterocycles. The van der Waals surface area contributed by atoms with Crippen LogP contribution in [0.15, 0.2) is 6.07 Å². The van der Waals surface area contributed by atoms with Crippen LogP contribution in [-0.2, 0) is 10.9 Å². The Balaban J connectivity index is 3.65. The van der Waals surface area contributed by atoms with Crippen LogP contribution < -0.4 is 0 Å². The summed E-state index contributed by atoms with van der Waals surface area (Å²) < 4.78 is 66.8. The molecule has 0 aliphatic rings. The molecule has 102 valence electrons. The summed E-state index contributed by atoms with van der Waals surface area (Å²) in [4.78, 5) is 14.1. The molecule has 0 fully saturated rings. The summed E-state index contributed by atoms with van der Waals surface area (Å²) in [7, 11) is 0.827. The molecule has 1 heterocycles. The van der Waals surface area contributed by atoms with Crippen LogP contribution in [0.2, 0.25) is 0 Å². The lowest BCUT2D eigenvalue weighted by molar-refractivity contribution is -0.141. The second-order valence-corrected chi connectivity index (χ2v) is 3.22. The Morgan fingerprint density at radius 1 is 1.47 bits per heavy atom. The van der Waals surface area contributed by atoms with E-state index in [0.717, 1.165) is 7.11 Å². The number of rotatable bonds is 2. The summed E-state index contributed by atoms with van der Waals surface area (Å²) >= 11 is 0. The van der Waals surface area contributed by atoms with Crippen LogP contribution in [0.1, 0.15) is 33.7 Å². The second kappa shape index (κ2) is 5.17. The van der Waals surface area contributed by atoms with Crippen LogP contribution in [0.3, 0.4) is 0 Å². The maximum Gasteiger partial charge on any atom is 0.433 e. The minimum atomic E-state index is -5.03. The number of ether oxygens (including phenoxy) is 1. The van der Waals surface area contributed by atoms with Crippen LogP contribution in [-0.4, -0.2) is 18.1 Å².